The van der Waals surface area contributed by atoms with Gasteiger partial charge in [0.1, 0.15) is 0 Å². The van der Waals surface area contributed by atoms with E-state index >= 15 is 0 Å². The highest BCUT2D eigenvalue weighted by atomic mass is 19.1. The van der Waals surface area contributed by atoms with Crippen LogP contribution in [0, 0.1) is 17.1 Å². The van der Waals surface area contributed by atoms with Crippen LogP contribution in [-0.4, -0.2) is 64.0 Å². The zero-order valence-electron chi connectivity index (χ0n) is 22.9. The predicted octanol–water partition coefficient (Wildman–Crippen LogP) is 4.11. The molecule has 1 atom stereocenters. The fraction of sp³-hybridized carbons (Fsp3) is 0.448. The second-order valence-electron chi connectivity index (χ2n) is 10.5. The second kappa shape index (κ2) is 10.7. The molecule has 1 unspecified atom stereocenters. The summed E-state index contributed by atoms with van der Waals surface area (Å²) in [5.74, 6) is 0.303. The topological polar surface area (TPSA) is 99.3 Å². The Labute approximate surface area is 228 Å². The number of ether oxygens (including phenoxy) is 1. The number of amides is 1. The number of pyridine rings is 1. The minimum absolute atomic E-state index is 0.0652. The van der Waals surface area contributed by atoms with Crippen molar-refractivity contribution in [1.82, 2.24) is 24.3 Å². The Bertz CT molecular complexity index is 1430. The summed E-state index contributed by atoms with van der Waals surface area (Å²) in [4.78, 5) is 26.7. The molecule has 1 aromatic carbocycles. The smallest absolute Gasteiger partial charge is 0.254 e. The van der Waals surface area contributed by atoms with E-state index in [1.165, 1.54) is 0 Å². The van der Waals surface area contributed by atoms with Crippen LogP contribution < -0.4 is 10.1 Å². The normalized spacial score (nSPS) is 16.2. The minimum Gasteiger partial charge on any atom is -0.491 e. The Kier molecular flexibility index (Phi) is 7.28. The molecule has 9 nitrogen and oxygen atoms in total. The standard InChI is InChI=1S/C29H34FN7O2/c1-5-39-25-14-24(34-15-23(25)30)19(2)37-18-29(6-7-29)26-21(17-35(4)10-8-31)12-20(13-22(26)27(37)38)16-36-11-9-33-28(36)32-3/h9,11-15,19H,5-7,10,16-18H2,1-4H3,(H,32,33). The number of aromatic nitrogens is 3. The Morgan fingerprint density at radius 1 is 1.31 bits per heavy atom. The molecule has 0 radical (unpaired) electrons. The van der Waals surface area contributed by atoms with Crippen LogP contribution in [0.3, 0.4) is 0 Å². The highest BCUT2D eigenvalue weighted by Gasteiger charge is 2.53. The van der Waals surface area contributed by atoms with Gasteiger partial charge >= 0.3 is 0 Å². The summed E-state index contributed by atoms with van der Waals surface area (Å²) in [5, 5.41) is 12.4. The van der Waals surface area contributed by atoms with Crippen molar-refractivity contribution in [1.29, 1.82) is 5.26 Å². The van der Waals surface area contributed by atoms with Crippen LogP contribution in [0.25, 0.3) is 0 Å². The molecule has 39 heavy (non-hydrogen) atoms. The fourth-order valence-corrected chi connectivity index (χ4v) is 5.70. The summed E-state index contributed by atoms with van der Waals surface area (Å²) in [7, 11) is 3.75. The third-order valence-electron chi connectivity index (χ3n) is 7.74. The summed E-state index contributed by atoms with van der Waals surface area (Å²) in [5.41, 5.74) is 4.33. The molecule has 1 spiro atoms. The lowest BCUT2D eigenvalue weighted by Crippen LogP contribution is -2.45. The molecule has 204 valence electrons. The third kappa shape index (κ3) is 5.06. The summed E-state index contributed by atoms with van der Waals surface area (Å²) < 4.78 is 21.7. The zero-order chi connectivity index (χ0) is 27.7. The molecule has 0 bridgehead atoms. The molecule has 3 aromatic rings. The molecule has 1 N–H and O–H groups in total. The van der Waals surface area contributed by atoms with E-state index in [-0.39, 0.29) is 23.1 Å². The average Bonchev–Trinajstić information content (AvgIpc) is 3.54. The minimum atomic E-state index is -0.516. The van der Waals surface area contributed by atoms with Crippen molar-refractivity contribution >= 4 is 11.9 Å². The molecule has 1 saturated carbocycles. The molecular formula is C29H34FN7O2. The Balaban J connectivity index is 1.56. The first-order valence-electron chi connectivity index (χ1n) is 13.3. The van der Waals surface area contributed by atoms with Crippen LogP contribution in [0.15, 0.2) is 36.8 Å². The van der Waals surface area contributed by atoms with Gasteiger partial charge in [-0.2, -0.15) is 5.26 Å². The van der Waals surface area contributed by atoms with Crippen molar-refractivity contribution in [3.63, 3.8) is 0 Å². The second-order valence-corrected chi connectivity index (χ2v) is 10.5. The van der Waals surface area contributed by atoms with Gasteiger partial charge in [-0.15, -0.1) is 0 Å². The maximum absolute atomic E-state index is 14.2. The van der Waals surface area contributed by atoms with Gasteiger partial charge in [0.05, 0.1) is 43.7 Å². The van der Waals surface area contributed by atoms with E-state index in [4.69, 9.17) is 4.74 Å². The van der Waals surface area contributed by atoms with Crippen molar-refractivity contribution in [2.75, 3.05) is 39.1 Å². The van der Waals surface area contributed by atoms with Crippen LogP contribution in [0.4, 0.5) is 10.3 Å². The van der Waals surface area contributed by atoms with Crippen LogP contribution in [0.2, 0.25) is 0 Å². The maximum Gasteiger partial charge on any atom is 0.254 e. The van der Waals surface area contributed by atoms with Gasteiger partial charge in [-0.1, -0.05) is 6.07 Å². The lowest BCUT2D eigenvalue weighted by atomic mass is 9.81. The van der Waals surface area contributed by atoms with Gasteiger partial charge < -0.3 is 19.5 Å². The number of fused-ring (bicyclic) bond motifs is 2. The van der Waals surface area contributed by atoms with Crippen LogP contribution in [0.1, 0.15) is 65.5 Å². The molecule has 1 aliphatic carbocycles. The molecule has 1 aliphatic heterocycles. The number of nitrogens with zero attached hydrogens (tertiary/aromatic N) is 6. The number of hydrogen-bond acceptors (Lipinski definition) is 7. The predicted molar refractivity (Wildman–Crippen MR) is 145 cm³/mol. The van der Waals surface area contributed by atoms with Gasteiger partial charge in [0.15, 0.2) is 11.6 Å². The largest absolute Gasteiger partial charge is 0.491 e. The number of anilines is 1. The lowest BCUT2D eigenvalue weighted by molar-refractivity contribution is 0.0633. The van der Waals surface area contributed by atoms with Crippen molar-refractivity contribution in [2.45, 2.75) is 51.2 Å². The molecule has 2 aromatic heterocycles. The Hall–Kier alpha value is -3.97. The quantitative estimate of drug-likeness (QED) is 0.393. The van der Waals surface area contributed by atoms with Gasteiger partial charge in [-0.25, -0.2) is 9.37 Å². The number of benzene rings is 1. The van der Waals surface area contributed by atoms with Crippen molar-refractivity contribution in [2.24, 2.45) is 0 Å². The monoisotopic (exact) mass is 531 g/mol. The first-order valence-corrected chi connectivity index (χ1v) is 13.3. The van der Waals surface area contributed by atoms with Gasteiger partial charge in [-0.05, 0) is 56.5 Å². The molecule has 10 heteroatoms. The average molecular weight is 532 g/mol. The Morgan fingerprint density at radius 3 is 2.79 bits per heavy atom. The Morgan fingerprint density at radius 2 is 2.10 bits per heavy atom. The number of nitriles is 1. The summed E-state index contributed by atoms with van der Waals surface area (Å²) in [6.07, 6.45) is 6.78. The van der Waals surface area contributed by atoms with Crippen LogP contribution in [-0.2, 0) is 18.5 Å². The molecule has 5 rings (SSSR count). The SMILES string of the molecule is CCOc1cc(C(C)N2CC3(CC3)c3c(CN(C)CC#N)cc(Cn4ccnc4NC)cc3C2=O)ncc1F. The van der Waals surface area contributed by atoms with Crippen LogP contribution in [0.5, 0.6) is 5.75 Å². The number of nitrogens with one attached hydrogen (secondary N) is 1. The molecule has 1 fully saturated rings. The molecule has 1 amide bonds. The lowest BCUT2D eigenvalue weighted by Gasteiger charge is -2.40. The number of rotatable bonds is 10. The van der Waals surface area contributed by atoms with E-state index in [9.17, 15) is 14.4 Å². The number of carbonyl (C=O) groups is 1. The molecule has 0 saturated heterocycles. The number of hydrogen-bond donors (Lipinski definition) is 1. The fourth-order valence-electron chi connectivity index (χ4n) is 5.70. The van der Waals surface area contributed by atoms with Gasteiger partial charge in [0.2, 0.25) is 5.95 Å². The van der Waals surface area contributed by atoms with Crippen molar-refractivity contribution in [3.8, 4) is 11.8 Å². The van der Waals surface area contributed by atoms with E-state index in [1.807, 2.05) is 47.6 Å². The van der Waals surface area contributed by atoms with E-state index in [0.29, 0.717) is 44.0 Å². The first-order chi connectivity index (χ1) is 18.8. The summed E-state index contributed by atoms with van der Waals surface area (Å²) in [6, 6.07) is 7.65. The highest BCUT2D eigenvalue weighted by Crippen LogP contribution is 2.55. The summed E-state index contributed by atoms with van der Waals surface area (Å²) >= 11 is 0. The van der Waals surface area contributed by atoms with E-state index in [0.717, 1.165) is 41.7 Å². The number of halogens is 1. The van der Waals surface area contributed by atoms with E-state index in [1.54, 1.807) is 19.2 Å². The van der Waals surface area contributed by atoms with Gasteiger partial charge in [-0.3, -0.25) is 14.7 Å². The number of imidazole rings is 1. The van der Waals surface area contributed by atoms with Gasteiger partial charge in [0.25, 0.3) is 5.91 Å². The highest BCUT2D eigenvalue weighted by molar-refractivity contribution is 5.98. The molecule has 2 aliphatic rings. The zero-order valence-corrected chi connectivity index (χ0v) is 22.9. The summed E-state index contributed by atoms with van der Waals surface area (Å²) in [6.45, 7) is 6.07. The maximum atomic E-state index is 14.2. The van der Waals surface area contributed by atoms with E-state index in [2.05, 4.69) is 27.4 Å². The third-order valence-corrected chi connectivity index (χ3v) is 7.74. The molecule has 3 heterocycles. The van der Waals surface area contributed by atoms with Crippen molar-refractivity contribution < 1.29 is 13.9 Å². The number of carbonyl (C=O) groups excluding carboxylic acids is 1. The van der Waals surface area contributed by atoms with Gasteiger partial charge in [0, 0.05) is 49.6 Å². The van der Waals surface area contributed by atoms with Crippen LogP contribution >= 0.6 is 0 Å². The molecular weight excluding hydrogens is 497 g/mol. The van der Waals surface area contributed by atoms with E-state index < -0.39 is 5.82 Å². The van der Waals surface area contributed by atoms with Crippen molar-refractivity contribution in [3.05, 3.63) is 70.6 Å². The first kappa shape index (κ1) is 26.6.